The third kappa shape index (κ3) is 5.44. The molecule has 2 rings (SSSR count). The Balaban J connectivity index is 1.69. The topological polar surface area (TPSA) is 87.3 Å². The summed E-state index contributed by atoms with van der Waals surface area (Å²) in [5.41, 5.74) is 6.39. The molecule has 1 fully saturated rings. The first-order chi connectivity index (χ1) is 11.0. The van der Waals surface area contributed by atoms with E-state index in [4.69, 9.17) is 0 Å². The summed E-state index contributed by atoms with van der Waals surface area (Å²) in [7, 11) is 0. The van der Waals surface area contributed by atoms with Gasteiger partial charge in [-0.1, -0.05) is 45.8 Å². The molecule has 2 atom stereocenters. The van der Waals surface area contributed by atoms with E-state index in [-0.39, 0.29) is 41.3 Å². The van der Waals surface area contributed by atoms with Gasteiger partial charge in [0.2, 0.25) is 5.91 Å². The lowest BCUT2D eigenvalue weighted by atomic mass is 10.1. The first kappa shape index (κ1) is 17.6. The second-order valence-corrected chi connectivity index (χ2v) is 6.92. The number of hydrogen-bond donors (Lipinski definition) is 3. The lowest BCUT2D eigenvalue weighted by Crippen LogP contribution is -2.49. The summed E-state index contributed by atoms with van der Waals surface area (Å²) >= 11 is 3.43. The van der Waals surface area contributed by atoms with Crippen LogP contribution in [0.15, 0.2) is 24.3 Å². The van der Waals surface area contributed by atoms with Crippen LogP contribution in [0.1, 0.15) is 35.2 Å². The van der Waals surface area contributed by atoms with Gasteiger partial charge in [0.05, 0.1) is 6.04 Å². The van der Waals surface area contributed by atoms with E-state index < -0.39 is 0 Å². The number of carbonyl (C=O) groups is 3. The minimum absolute atomic E-state index is 0.0339. The van der Waals surface area contributed by atoms with Gasteiger partial charge < -0.3 is 5.32 Å². The first-order valence-electron chi connectivity index (χ1n) is 7.51. The standard InChI is InChI=1S/C16H20BrN3O3/c1-10-2-4-11(5-3-10)14(21)6-7-15(22)19-20-16(23)13-8-12(17)9-18-13/h2-5,12-13,18H,6-9H2,1H3,(H,19,22)(H,20,23). The Hall–Kier alpha value is -1.73. The van der Waals surface area contributed by atoms with E-state index in [1.165, 1.54) is 0 Å². The predicted octanol–water partition coefficient (Wildman–Crippen LogP) is 1.23. The first-order valence-corrected chi connectivity index (χ1v) is 8.43. The summed E-state index contributed by atoms with van der Waals surface area (Å²) in [6, 6.07) is 6.91. The van der Waals surface area contributed by atoms with Crippen LogP contribution in [0.25, 0.3) is 0 Å². The summed E-state index contributed by atoms with van der Waals surface area (Å²) in [5.74, 6) is -0.747. The summed E-state index contributed by atoms with van der Waals surface area (Å²) in [5, 5.41) is 3.04. The van der Waals surface area contributed by atoms with Gasteiger partial charge in [-0.2, -0.15) is 0 Å². The number of rotatable bonds is 5. The van der Waals surface area contributed by atoms with Crippen molar-refractivity contribution >= 4 is 33.5 Å². The van der Waals surface area contributed by atoms with Crippen molar-refractivity contribution < 1.29 is 14.4 Å². The molecule has 1 aliphatic heterocycles. The maximum Gasteiger partial charge on any atom is 0.255 e. The van der Waals surface area contributed by atoms with Crippen molar-refractivity contribution in [2.75, 3.05) is 6.54 Å². The molecular weight excluding hydrogens is 362 g/mol. The fraction of sp³-hybridized carbons (Fsp3) is 0.438. The molecule has 0 aliphatic carbocycles. The monoisotopic (exact) mass is 381 g/mol. The highest BCUT2D eigenvalue weighted by Crippen LogP contribution is 2.14. The zero-order valence-corrected chi connectivity index (χ0v) is 14.5. The largest absolute Gasteiger partial charge is 0.305 e. The molecule has 0 bridgehead atoms. The number of hydrazine groups is 1. The fourth-order valence-electron chi connectivity index (χ4n) is 2.28. The van der Waals surface area contributed by atoms with E-state index in [1.54, 1.807) is 12.1 Å². The average molecular weight is 382 g/mol. The van der Waals surface area contributed by atoms with Crippen LogP contribution in [-0.2, 0) is 9.59 Å². The molecule has 0 radical (unpaired) electrons. The normalized spacial score (nSPS) is 20.1. The smallest absolute Gasteiger partial charge is 0.255 e. The lowest BCUT2D eigenvalue weighted by molar-refractivity contribution is -0.129. The number of aryl methyl sites for hydroxylation is 1. The molecule has 23 heavy (non-hydrogen) atoms. The zero-order chi connectivity index (χ0) is 16.8. The van der Waals surface area contributed by atoms with Gasteiger partial charge in [-0.05, 0) is 13.3 Å². The SMILES string of the molecule is Cc1ccc(C(=O)CCC(=O)NNC(=O)C2CC(Br)CN2)cc1. The van der Waals surface area contributed by atoms with Crippen molar-refractivity contribution in [1.82, 2.24) is 16.2 Å². The van der Waals surface area contributed by atoms with Crippen LogP contribution >= 0.6 is 15.9 Å². The van der Waals surface area contributed by atoms with Crippen molar-refractivity contribution in [2.45, 2.75) is 37.1 Å². The number of carbonyl (C=O) groups excluding carboxylic acids is 3. The Kier molecular flexibility index (Phi) is 6.29. The highest BCUT2D eigenvalue weighted by atomic mass is 79.9. The second kappa shape index (κ2) is 8.21. The van der Waals surface area contributed by atoms with Gasteiger partial charge in [-0.25, -0.2) is 0 Å². The van der Waals surface area contributed by atoms with Crippen LogP contribution in [0.2, 0.25) is 0 Å². The highest BCUT2D eigenvalue weighted by Gasteiger charge is 2.27. The van der Waals surface area contributed by atoms with E-state index in [1.807, 2.05) is 19.1 Å². The van der Waals surface area contributed by atoms with Crippen molar-refractivity contribution in [1.29, 1.82) is 0 Å². The molecule has 3 N–H and O–H groups in total. The van der Waals surface area contributed by atoms with E-state index in [0.717, 1.165) is 12.1 Å². The maximum atomic E-state index is 12.0. The Bertz CT molecular complexity index is 589. The molecule has 0 spiro atoms. The van der Waals surface area contributed by atoms with Gasteiger partial charge >= 0.3 is 0 Å². The van der Waals surface area contributed by atoms with Gasteiger partial charge in [0.1, 0.15) is 0 Å². The van der Waals surface area contributed by atoms with Crippen LogP contribution in [0.4, 0.5) is 0 Å². The Morgan fingerprint density at radius 2 is 1.87 bits per heavy atom. The summed E-state index contributed by atoms with van der Waals surface area (Å²) in [6.07, 6.45) is 0.815. The number of hydrogen-bond acceptors (Lipinski definition) is 4. The summed E-state index contributed by atoms with van der Waals surface area (Å²) in [4.78, 5) is 35.7. The molecule has 1 heterocycles. The molecule has 2 unspecified atom stereocenters. The number of nitrogens with one attached hydrogen (secondary N) is 3. The molecule has 1 aromatic carbocycles. The van der Waals surface area contributed by atoms with Crippen LogP contribution in [0.5, 0.6) is 0 Å². The number of ketones is 1. The number of amides is 2. The number of Topliss-reactive ketones (excluding diaryl/α,β-unsaturated/α-hetero) is 1. The van der Waals surface area contributed by atoms with Gasteiger partial charge in [0.15, 0.2) is 5.78 Å². The van der Waals surface area contributed by atoms with Crippen LogP contribution in [-0.4, -0.2) is 35.0 Å². The molecule has 1 saturated heterocycles. The minimum atomic E-state index is -0.382. The quantitative estimate of drug-likeness (QED) is 0.406. The maximum absolute atomic E-state index is 12.0. The molecule has 1 aromatic rings. The van der Waals surface area contributed by atoms with Crippen molar-refractivity contribution in [3.8, 4) is 0 Å². The molecule has 6 nitrogen and oxygen atoms in total. The van der Waals surface area contributed by atoms with E-state index in [0.29, 0.717) is 12.0 Å². The number of benzene rings is 1. The molecule has 0 saturated carbocycles. The van der Waals surface area contributed by atoms with Gasteiger partial charge in [-0.15, -0.1) is 0 Å². The number of alkyl halides is 1. The Morgan fingerprint density at radius 1 is 1.17 bits per heavy atom. The number of halogens is 1. The summed E-state index contributed by atoms with van der Waals surface area (Å²) < 4.78 is 0. The molecule has 2 amide bonds. The van der Waals surface area contributed by atoms with Gasteiger partial charge in [-0.3, -0.25) is 25.2 Å². The van der Waals surface area contributed by atoms with Crippen molar-refractivity contribution in [3.05, 3.63) is 35.4 Å². The highest BCUT2D eigenvalue weighted by molar-refractivity contribution is 9.09. The minimum Gasteiger partial charge on any atom is -0.305 e. The fourth-order valence-corrected chi connectivity index (χ4v) is 2.84. The van der Waals surface area contributed by atoms with Crippen LogP contribution < -0.4 is 16.2 Å². The van der Waals surface area contributed by atoms with Gasteiger partial charge in [0.25, 0.3) is 5.91 Å². The molecular formula is C16H20BrN3O3. The van der Waals surface area contributed by atoms with Crippen LogP contribution in [0.3, 0.4) is 0 Å². The van der Waals surface area contributed by atoms with Gasteiger partial charge in [0, 0.05) is 29.8 Å². The lowest BCUT2D eigenvalue weighted by Gasteiger charge is -2.11. The summed E-state index contributed by atoms with van der Waals surface area (Å²) in [6.45, 7) is 2.67. The third-order valence-corrected chi connectivity index (χ3v) is 4.37. The van der Waals surface area contributed by atoms with Crippen LogP contribution in [0, 0.1) is 6.92 Å². The Labute approximate surface area is 143 Å². The molecule has 1 aliphatic rings. The average Bonchev–Trinajstić information content (AvgIpc) is 2.97. The van der Waals surface area contributed by atoms with E-state index in [2.05, 4.69) is 32.1 Å². The Morgan fingerprint density at radius 3 is 2.48 bits per heavy atom. The third-order valence-electron chi connectivity index (χ3n) is 3.67. The van der Waals surface area contributed by atoms with E-state index in [9.17, 15) is 14.4 Å². The molecule has 0 aromatic heterocycles. The molecule has 124 valence electrons. The van der Waals surface area contributed by atoms with E-state index >= 15 is 0 Å². The molecule has 7 heteroatoms. The van der Waals surface area contributed by atoms with Crippen molar-refractivity contribution in [3.63, 3.8) is 0 Å². The van der Waals surface area contributed by atoms with Crippen molar-refractivity contribution in [2.24, 2.45) is 0 Å². The second-order valence-electron chi connectivity index (χ2n) is 5.62. The predicted molar refractivity (Wildman–Crippen MR) is 90.2 cm³/mol. The zero-order valence-electron chi connectivity index (χ0n) is 12.9.